The van der Waals surface area contributed by atoms with Gasteiger partial charge in [-0.3, -0.25) is 14.5 Å². The summed E-state index contributed by atoms with van der Waals surface area (Å²) in [5.41, 5.74) is 2.10. The molecule has 33 heavy (non-hydrogen) atoms. The number of phenolic OH excluding ortho intramolecular Hbond substituents is 1. The molecule has 5 nitrogen and oxygen atoms in total. The molecule has 0 radical (unpaired) electrons. The molecule has 4 rings (SSSR count). The molecule has 0 aliphatic carbocycles. The van der Waals surface area contributed by atoms with Crippen molar-refractivity contribution in [1.29, 1.82) is 0 Å². The summed E-state index contributed by atoms with van der Waals surface area (Å²) >= 11 is 18.2. The Morgan fingerprint density at radius 3 is 2.21 bits per heavy atom. The first-order chi connectivity index (χ1) is 15.7. The van der Waals surface area contributed by atoms with E-state index < -0.39 is 23.5 Å². The van der Waals surface area contributed by atoms with E-state index in [1.165, 1.54) is 35.2 Å². The normalized spacial score (nSPS) is 17.6. The fourth-order valence-electron chi connectivity index (χ4n) is 3.80. The zero-order chi connectivity index (χ0) is 23.9. The number of amides is 1. The predicted molar refractivity (Wildman–Crippen MR) is 130 cm³/mol. The summed E-state index contributed by atoms with van der Waals surface area (Å²) in [6.07, 6.45) is 0.813. The van der Waals surface area contributed by atoms with E-state index in [0.29, 0.717) is 11.3 Å². The third-order valence-electron chi connectivity index (χ3n) is 5.55. The number of nitrogens with zero attached hydrogens (tertiary/aromatic N) is 1. The molecule has 1 amide bonds. The highest BCUT2D eigenvalue weighted by molar-refractivity contribution is 6.52. The first kappa shape index (κ1) is 23.2. The van der Waals surface area contributed by atoms with Crippen molar-refractivity contribution in [3.63, 3.8) is 0 Å². The van der Waals surface area contributed by atoms with E-state index in [9.17, 15) is 19.8 Å². The predicted octanol–water partition coefficient (Wildman–Crippen LogP) is 6.54. The smallest absolute Gasteiger partial charge is 0.300 e. The van der Waals surface area contributed by atoms with Crippen molar-refractivity contribution in [3.8, 4) is 5.75 Å². The Hall–Kier alpha value is -2.99. The average Bonchev–Trinajstić information content (AvgIpc) is 3.07. The van der Waals surface area contributed by atoms with Crippen LogP contribution in [-0.4, -0.2) is 21.9 Å². The average molecular weight is 503 g/mol. The van der Waals surface area contributed by atoms with E-state index in [4.69, 9.17) is 34.8 Å². The van der Waals surface area contributed by atoms with Gasteiger partial charge < -0.3 is 10.2 Å². The quantitative estimate of drug-likeness (QED) is 0.241. The number of phenols is 1. The first-order valence-electron chi connectivity index (χ1n) is 10.1. The zero-order valence-electron chi connectivity index (χ0n) is 17.3. The van der Waals surface area contributed by atoms with Gasteiger partial charge in [-0.1, -0.05) is 59.9 Å². The van der Waals surface area contributed by atoms with Crippen molar-refractivity contribution in [3.05, 3.63) is 98.0 Å². The Kier molecular flexibility index (Phi) is 6.39. The maximum Gasteiger partial charge on any atom is 0.300 e. The largest absolute Gasteiger partial charge is 0.507 e. The highest BCUT2D eigenvalue weighted by atomic mass is 35.5. The molecule has 0 saturated carbocycles. The van der Waals surface area contributed by atoms with Crippen molar-refractivity contribution in [2.75, 3.05) is 4.90 Å². The molecule has 1 fully saturated rings. The molecule has 8 heteroatoms. The monoisotopic (exact) mass is 501 g/mol. The van der Waals surface area contributed by atoms with Crippen LogP contribution in [0.15, 0.2) is 66.2 Å². The van der Waals surface area contributed by atoms with E-state index in [1.807, 2.05) is 19.1 Å². The second kappa shape index (κ2) is 9.10. The maximum atomic E-state index is 13.2. The third-order valence-corrected chi connectivity index (χ3v) is 6.59. The molecule has 1 aliphatic heterocycles. The summed E-state index contributed by atoms with van der Waals surface area (Å²) in [5, 5.41) is 21.5. The number of hydrogen-bond donors (Lipinski definition) is 2. The van der Waals surface area contributed by atoms with Crippen LogP contribution in [0.4, 0.5) is 5.69 Å². The zero-order valence-corrected chi connectivity index (χ0v) is 19.6. The van der Waals surface area contributed by atoms with Gasteiger partial charge in [-0.25, -0.2) is 0 Å². The lowest BCUT2D eigenvalue weighted by Crippen LogP contribution is -2.29. The van der Waals surface area contributed by atoms with Crippen LogP contribution in [0.25, 0.3) is 5.76 Å². The van der Waals surface area contributed by atoms with Gasteiger partial charge in [0, 0.05) is 11.3 Å². The van der Waals surface area contributed by atoms with Crippen molar-refractivity contribution < 1.29 is 19.8 Å². The van der Waals surface area contributed by atoms with Gasteiger partial charge in [-0.2, -0.15) is 0 Å². The van der Waals surface area contributed by atoms with Crippen molar-refractivity contribution in [2.24, 2.45) is 0 Å². The molecule has 3 aromatic carbocycles. The van der Waals surface area contributed by atoms with Crippen LogP contribution in [0.5, 0.6) is 5.75 Å². The Morgan fingerprint density at radius 2 is 1.61 bits per heavy atom. The lowest BCUT2D eigenvalue weighted by Gasteiger charge is -2.26. The highest BCUT2D eigenvalue weighted by Crippen LogP contribution is 2.44. The maximum absolute atomic E-state index is 13.2. The van der Waals surface area contributed by atoms with Gasteiger partial charge in [0.15, 0.2) is 0 Å². The molecule has 168 valence electrons. The van der Waals surface area contributed by atoms with Crippen molar-refractivity contribution >= 4 is 57.9 Å². The number of aryl methyl sites for hydroxylation is 1. The van der Waals surface area contributed by atoms with E-state index in [2.05, 4.69) is 0 Å². The van der Waals surface area contributed by atoms with Gasteiger partial charge in [0.25, 0.3) is 11.7 Å². The minimum atomic E-state index is -0.981. The number of ketones is 1. The highest BCUT2D eigenvalue weighted by Gasteiger charge is 2.47. The van der Waals surface area contributed by atoms with E-state index >= 15 is 0 Å². The molecule has 1 unspecified atom stereocenters. The van der Waals surface area contributed by atoms with E-state index in [-0.39, 0.29) is 32.0 Å². The molecule has 0 spiro atoms. The minimum absolute atomic E-state index is 0.0500. The van der Waals surface area contributed by atoms with Crippen molar-refractivity contribution in [1.82, 2.24) is 0 Å². The first-order valence-corrected chi connectivity index (χ1v) is 11.2. The number of carbonyl (C=O) groups excluding carboxylic acids is 2. The molecule has 3 aromatic rings. The molecule has 1 saturated heterocycles. The number of carbonyl (C=O) groups is 2. The number of Topliss-reactive ketones (excluding diaryl/α,β-unsaturated/α-hetero) is 1. The van der Waals surface area contributed by atoms with Crippen LogP contribution < -0.4 is 4.90 Å². The Balaban J connectivity index is 1.95. The molecule has 0 aromatic heterocycles. The van der Waals surface area contributed by atoms with Crippen LogP contribution in [0.1, 0.15) is 29.7 Å². The van der Waals surface area contributed by atoms with Crippen LogP contribution in [0, 0.1) is 0 Å². The number of halogens is 3. The van der Waals surface area contributed by atoms with Crippen LogP contribution in [-0.2, 0) is 16.0 Å². The molecule has 1 atom stereocenters. The van der Waals surface area contributed by atoms with Gasteiger partial charge >= 0.3 is 0 Å². The fraction of sp³-hybridized carbons (Fsp3) is 0.120. The number of aromatic hydroxyl groups is 1. The molecule has 0 bridgehead atoms. The van der Waals surface area contributed by atoms with Crippen molar-refractivity contribution in [2.45, 2.75) is 19.4 Å². The summed E-state index contributed by atoms with van der Waals surface area (Å²) in [6.45, 7) is 2.01. The van der Waals surface area contributed by atoms with Crippen LogP contribution in [0.2, 0.25) is 15.1 Å². The fourth-order valence-corrected chi connectivity index (χ4v) is 4.29. The molecular formula is C25H18Cl3NO4. The Labute approximate surface area is 205 Å². The standard InChI is InChI=1S/C25H18Cl3NO4/c1-2-13-3-7-16(8-4-13)29-22(14-6-10-20(30)19(28)11-14)21(24(32)25(29)33)23(31)15-5-9-17(26)18(27)12-15/h3-12,22,30-31H,2H2,1H3/b23-21-. The lowest BCUT2D eigenvalue weighted by molar-refractivity contribution is -0.132. The van der Waals surface area contributed by atoms with E-state index in [1.54, 1.807) is 18.2 Å². The molecule has 1 aliphatic rings. The summed E-state index contributed by atoms with van der Waals surface area (Å²) in [4.78, 5) is 27.6. The summed E-state index contributed by atoms with van der Waals surface area (Å²) in [7, 11) is 0. The molecular weight excluding hydrogens is 485 g/mol. The Morgan fingerprint density at radius 1 is 0.909 bits per heavy atom. The van der Waals surface area contributed by atoms with Gasteiger partial charge in [0.05, 0.1) is 26.7 Å². The third kappa shape index (κ3) is 4.20. The number of aliphatic hydroxyl groups excluding tert-OH is 1. The number of aliphatic hydroxyl groups is 1. The lowest BCUT2D eigenvalue weighted by atomic mass is 9.95. The summed E-state index contributed by atoms with van der Waals surface area (Å²) < 4.78 is 0. The second-order valence-electron chi connectivity index (χ2n) is 7.53. The summed E-state index contributed by atoms with van der Waals surface area (Å²) in [5.74, 6) is -2.19. The number of benzene rings is 3. The minimum Gasteiger partial charge on any atom is -0.507 e. The van der Waals surface area contributed by atoms with Gasteiger partial charge in [0.1, 0.15) is 11.5 Å². The Bertz CT molecular complexity index is 1300. The SMILES string of the molecule is CCc1ccc(N2C(=O)C(=O)/C(=C(\O)c3ccc(Cl)c(Cl)c3)C2c2ccc(O)c(Cl)c2)cc1. The van der Waals surface area contributed by atoms with Gasteiger partial charge in [0.2, 0.25) is 0 Å². The van der Waals surface area contributed by atoms with Crippen LogP contribution >= 0.6 is 34.8 Å². The number of rotatable bonds is 4. The van der Waals surface area contributed by atoms with Crippen LogP contribution in [0.3, 0.4) is 0 Å². The second-order valence-corrected chi connectivity index (χ2v) is 8.75. The number of anilines is 1. The molecule has 1 heterocycles. The number of hydrogen-bond acceptors (Lipinski definition) is 4. The van der Waals surface area contributed by atoms with Gasteiger partial charge in [-0.05, 0) is 60.0 Å². The molecule has 2 N–H and O–H groups in total. The van der Waals surface area contributed by atoms with E-state index in [0.717, 1.165) is 12.0 Å². The topological polar surface area (TPSA) is 77.8 Å². The summed E-state index contributed by atoms with van der Waals surface area (Å²) in [6, 6.07) is 15.1. The van der Waals surface area contributed by atoms with Gasteiger partial charge in [-0.15, -0.1) is 0 Å².